The number of aryl methyl sites for hydroxylation is 1. The van der Waals surface area contributed by atoms with Gasteiger partial charge in [-0.25, -0.2) is 0 Å². The van der Waals surface area contributed by atoms with E-state index in [0.717, 1.165) is 33.6 Å². The summed E-state index contributed by atoms with van der Waals surface area (Å²) in [7, 11) is 0. The molecule has 0 radical (unpaired) electrons. The molecule has 20 heavy (non-hydrogen) atoms. The van der Waals surface area contributed by atoms with Gasteiger partial charge < -0.3 is 21.9 Å². The summed E-state index contributed by atoms with van der Waals surface area (Å²) < 4.78 is 0. The minimum atomic E-state index is 0.0821. The standard InChI is InChI=1S/C16H21N3O/c1-10-3-5-14(18)11(2)16(10)13-9-12(17)4-6-15(13)19-7-8-20/h3-6,9,19-20H,7-8,17-18H2,1-2H3. The van der Waals surface area contributed by atoms with Gasteiger partial charge >= 0.3 is 0 Å². The number of hydrogen-bond donors (Lipinski definition) is 4. The number of nitrogens with one attached hydrogen (secondary N) is 1. The summed E-state index contributed by atoms with van der Waals surface area (Å²) in [6.07, 6.45) is 0. The maximum atomic E-state index is 8.99. The van der Waals surface area contributed by atoms with Crippen molar-refractivity contribution in [2.24, 2.45) is 0 Å². The Morgan fingerprint density at radius 2 is 1.85 bits per heavy atom. The van der Waals surface area contributed by atoms with E-state index < -0.39 is 0 Å². The van der Waals surface area contributed by atoms with E-state index in [0.29, 0.717) is 12.2 Å². The third-order valence-corrected chi connectivity index (χ3v) is 3.46. The Morgan fingerprint density at radius 3 is 2.55 bits per heavy atom. The highest BCUT2D eigenvalue weighted by Gasteiger charge is 2.12. The van der Waals surface area contributed by atoms with Crippen LogP contribution in [-0.2, 0) is 0 Å². The van der Waals surface area contributed by atoms with Crippen LogP contribution in [-0.4, -0.2) is 18.3 Å². The summed E-state index contributed by atoms with van der Waals surface area (Å²) in [4.78, 5) is 0. The van der Waals surface area contributed by atoms with E-state index in [9.17, 15) is 0 Å². The molecule has 0 bridgehead atoms. The molecule has 0 heterocycles. The van der Waals surface area contributed by atoms with Crippen LogP contribution >= 0.6 is 0 Å². The number of rotatable bonds is 4. The zero-order valence-electron chi connectivity index (χ0n) is 11.9. The molecule has 4 nitrogen and oxygen atoms in total. The third kappa shape index (κ3) is 2.70. The lowest BCUT2D eigenvalue weighted by molar-refractivity contribution is 0.311. The largest absolute Gasteiger partial charge is 0.399 e. The molecule has 4 heteroatoms. The maximum Gasteiger partial charge on any atom is 0.0604 e. The first-order chi connectivity index (χ1) is 9.54. The molecular weight excluding hydrogens is 250 g/mol. The predicted molar refractivity (Wildman–Crippen MR) is 85.8 cm³/mol. The van der Waals surface area contributed by atoms with Crippen LogP contribution in [0.5, 0.6) is 0 Å². The smallest absolute Gasteiger partial charge is 0.0604 e. The summed E-state index contributed by atoms with van der Waals surface area (Å²) in [5, 5.41) is 12.2. The van der Waals surface area contributed by atoms with Crippen molar-refractivity contribution >= 4 is 17.1 Å². The van der Waals surface area contributed by atoms with E-state index in [1.54, 1.807) is 0 Å². The Hall–Kier alpha value is -2.20. The first-order valence-electron chi connectivity index (χ1n) is 6.65. The normalized spacial score (nSPS) is 10.6. The lowest BCUT2D eigenvalue weighted by Crippen LogP contribution is -2.07. The van der Waals surface area contributed by atoms with Crippen molar-refractivity contribution in [3.63, 3.8) is 0 Å². The lowest BCUT2D eigenvalue weighted by Gasteiger charge is -2.17. The fourth-order valence-corrected chi connectivity index (χ4v) is 2.39. The average Bonchev–Trinajstić information content (AvgIpc) is 2.42. The highest BCUT2D eigenvalue weighted by molar-refractivity contribution is 5.86. The van der Waals surface area contributed by atoms with Crippen molar-refractivity contribution in [3.8, 4) is 11.1 Å². The van der Waals surface area contributed by atoms with Gasteiger partial charge in [0, 0.05) is 29.2 Å². The number of hydrogen-bond acceptors (Lipinski definition) is 4. The van der Waals surface area contributed by atoms with E-state index in [-0.39, 0.29) is 6.61 Å². The van der Waals surface area contributed by atoms with Crippen molar-refractivity contribution in [3.05, 3.63) is 41.5 Å². The Kier molecular flexibility index (Phi) is 4.15. The third-order valence-electron chi connectivity index (χ3n) is 3.46. The van der Waals surface area contributed by atoms with Crippen molar-refractivity contribution in [1.29, 1.82) is 0 Å². The maximum absolute atomic E-state index is 8.99. The Morgan fingerprint density at radius 1 is 1.10 bits per heavy atom. The van der Waals surface area contributed by atoms with Gasteiger partial charge in [0.2, 0.25) is 0 Å². The first-order valence-corrected chi connectivity index (χ1v) is 6.65. The van der Waals surface area contributed by atoms with Gasteiger partial charge in [-0.1, -0.05) is 6.07 Å². The zero-order chi connectivity index (χ0) is 14.7. The molecule has 2 aromatic rings. The lowest BCUT2D eigenvalue weighted by atomic mass is 9.93. The molecule has 0 saturated heterocycles. The van der Waals surface area contributed by atoms with Crippen molar-refractivity contribution in [2.45, 2.75) is 13.8 Å². The zero-order valence-corrected chi connectivity index (χ0v) is 11.9. The summed E-state index contributed by atoms with van der Waals surface area (Å²) >= 11 is 0. The van der Waals surface area contributed by atoms with Crippen LogP contribution in [0.3, 0.4) is 0 Å². The second kappa shape index (κ2) is 5.84. The number of nitrogens with two attached hydrogens (primary N) is 2. The molecule has 0 unspecified atom stereocenters. The van der Waals surface area contributed by atoms with Crippen LogP contribution in [0.1, 0.15) is 11.1 Å². The van der Waals surface area contributed by atoms with Crippen LogP contribution in [0.25, 0.3) is 11.1 Å². The van der Waals surface area contributed by atoms with Gasteiger partial charge in [-0.2, -0.15) is 0 Å². The Labute approximate surface area is 119 Å². The molecule has 0 aliphatic heterocycles. The van der Waals surface area contributed by atoms with E-state index in [1.807, 2.05) is 37.3 Å². The second-order valence-corrected chi connectivity index (χ2v) is 4.93. The molecular formula is C16H21N3O. The van der Waals surface area contributed by atoms with E-state index in [2.05, 4.69) is 12.2 Å². The molecule has 2 rings (SSSR count). The van der Waals surface area contributed by atoms with Crippen LogP contribution in [0.15, 0.2) is 30.3 Å². The fraction of sp³-hybridized carbons (Fsp3) is 0.250. The first kappa shape index (κ1) is 14.2. The highest BCUT2D eigenvalue weighted by atomic mass is 16.3. The molecule has 0 fully saturated rings. The molecule has 0 aliphatic carbocycles. The Balaban J connectivity index is 2.62. The van der Waals surface area contributed by atoms with Gasteiger partial charge in [-0.15, -0.1) is 0 Å². The van der Waals surface area contributed by atoms with Gasteiger partial charge in [-0.3, -0.25) is 0 Å². The topological polar surface area (TPSA) is 84.3 Å². The van der Waals surface area contributed by atoms with Crippen molar-refractivity contribution in [1.82, 2.24) is 0 Å². The van der Waals surface area contributed by atoms with E-state index in [1.165, 1.54) is 0 Å². The number of benzene rings is 2. The monoisotopic (exact) mass is 271 g/mol. The van der Waals surface area contributed by atoms with Crippen LogP contribution in [0.4, 0.5) is 17.1 Å². The fourth-order valence-electron chi connectivity index (χ4n) is 2.39. The van der Waals surface area contributed by atoms with Crippen molar-refractivity contribution < 1.29 is 5.11 Å². The summed E-state index contributed by atoms with van der Waals surface area (Å²) in [6, 6.07) is 9.65. The van der Waals surface area contributed by atoms with Crippen molar-refractivity contribution in [2.75, 3.05) is 29.9 Å². The van der Waals surface area contributed by atoms with E-state index in [4.69, 9.17) is 16.6 Å². The summed E-state index contributed by atoms with van der Waals surface area (Å²) in [5.41, 5.74) is 18.7. The van der Waals surface area contributed by atoms with E-state index >= 15 is 0 Å². The second-order valence-electron chi connectivity index (χ2n) is 4.93. The molecule has 0 saturated carbocycles. The molecule has 6 N–H and O–H groups in total. The molecule has 106 valence electrons. The number of nitrogen functional groups attached to an aromatic ring is 2. The number of aliphatic hydroxyl groups excluding tert-OH is 1. The molecule has 0 amide bonds. The predicted octanol–water partition coefficient (Wildman–Crippen LogP) is 2.54. The van der Waals surface area contributed by atoms with Crippen LogP contribution in [0, 0.1) is 13.8 Å². The highest BCUT2D eigenvalue weighted by Crippen LogP contribution is 2.36. The Bertz CT molecular complexity index is 623. The number of aliphatic hydroxyl groups is 1. The minimum Gasteiger partial charge on any atom is -0.399 e. The quantitative estimate of drug-likeness (QED) is 0.644. The molecule has 2 aromatic carbocycles. The average molecular weight is 271 g/mol. The molecule has 0 spiro atoms. The van der Waals surface area contributed by atoms with Crippen LogP contribution in [0.2, 0.25) is 0 Å². The van der Waals surface area contributed by atoms with Gasteiger partial charge in [0.15, 0.2) is 0 Å². The number of anilines is 3. The van der Waals surface area contributed by atoms with Gasteiger partial charge in [0.05, 0.1) is 6.61 Å². The summed E-state index contributed by atoms with van der Waals surface area (Å²) in [5.74, 6) is 0. The summed E-state index contributed by atoms with van der Waals surface area (Å²) in [6.45, 7) is 4.65. The van der Waals surface area contributed by atoms with Crippen LogP contribution < -0.4 is 16.8 Å². The van der Waals surface area contributed by atoms with Gasteiger partial charge in [0.25, 0.3) is 0 Å². The SMILES string of the molecule is Cc1ccc(N)c(C)c1-c1cc(N)ccc1NCCO. The minimum absolute atomic E-state index is 0.0821. The van der Waals surface area contributed by atoms with Gasteiger partial charge in [0.1, 0.15) is 0 Å². The molecule has 0 atom stereocenters. The molecule has 0 aromatic heterocycles. The van der Waals surface area contributed by atoms with Gasteiger partial charge in [-0.05, 0) is 54.8 Å². The molecule has 0 aliphatic rings.